The Morgan fingerprint density at radius 3 is 2.31 bits per heavy atom. The molecule has 0 saturated carbocycles. The van der Waals surface area contributed by atoms with E-state index in [0.29, 0.717) is 12.1 Å². The monoisotopic (exact) mass is 349 g/mol. The van der Waals surface area contributed by atoms with Crippen LogP contribution < -0.4 is 4.90 Å². The summed E-state index contributed by atoms with van der Waals surface area (Å²) in [5, 5.41) is 12.9. The fourth-order valence-corrected chi connectivity index (χ4v) is 2.62. The zero-order valence-corrected chi connectivity index (χ0v) is 14.2. The van der Waals surface area contributed by atoms with Crippen LogP contribution in [-0.2, 0) is 17.9 Å². The summed E-state index contributed by atoms with van der Waals surface area (Å²) < 4.78 is 1.48. The summed E-state index contributed by atoms with van der Waals surface area (Å²) >= 11 is 0. The van der Waals surface area contributed by atoms with Gasteiger partial charge in [-0.25, -0.2) is 0 Å². The van der Waals surface area contributed by atoms with E-state index in [9.17, 15) is 9.59 Å². The number of carbonyl (C=O) groups is 2. The first-order valence-electron chi connectivity index (χ1n) is 8.28. The molecular weight excluding hydrogens is 330 g/mol. The lowest BCUT2D eigenvalue weighted by Gasteiger charge is -2.22. The number of hydrogen-bond acceptors (Lipinski definition) is 3. The van der Waals surface area contributed by atoms with Crippen molar-refractivity contribution >= 4 is 17.6 Å². The van der Waals surface area contributed by atoms with Gasteiger partial charge in [-0.1, -0.05) is 48.5 Å². The van der Waals surface area contributed by atoms with Gasteiger partial charge in [0.05, 0.1) is 31.3 Å². The summed E-state index contributed by atoms with van der Waals surface area (Å²) in [5.74, 6) is -1.08. The smallest absolute Gasteiger partial charge is 0.305 e. The molecule has 0 fully saturated rings. The molecule has 3 rings (SSSR count). The van der Waals surface area contributed by atoms with Crippen molar-refractivity contribution in [2.24, 2.45) is 0 Å². The van der Waals surface area contributed by atoms with E-state index >= 15 is 0 Å². The van der Waals surface area contributed by atoms with Gasteiger partial charge in [-0.05, 0) is 17.7 Å². The van der Waals surface area contributed by atoms with Crippen molar-refractivity contribution in [3.63, 3.8) is 0 Å². The van der Waals surface area contributed by atoms with Crippen LogP contribution in [0.4, 0.5) is 5.69 Å². The number of carbonyl (C=O) groups excluding carboxylic acids is 1. The van der Waals surface area contributed by atoms with Crippen molar-refractivity contribution in [2.45, 2.75) is 19.5 Å². The lowest BCUT2D eigenvalue weighted by Crippen LogP contribution is -2.30. The van der Waals surface area contributed by atoms with E-state index in [4.69, 9.17) is 5.11 Å². The molecule has 2 aromatic carbocycles. The molecule has 1 heterocycles. The van der Waals surface area contributed by atoms with E-state index in [1.165, 1.54) is 10.9 Å². The quantitative estimate of drug-likeness (QED) is 0.711. The molecule has 132 valence electrons. The highest BCUT2D eigenvalue weighted by Crippen LogP contribution is 2.20. The summed E-state index contributed by atoms with van der Waals surface area (Å²) in [5.41, 5.74) is 2.23. The fourth-order valence-electron chi connectivity index (χ4n) is 2.62. The predicted octanol–water partition coefficient (Wildman–Crippen LogP) is 3.20. The second kappa shape index (κ2) is 8.11. The highest BCUT2D eigenvalue weighted by molar-refractivity contribution is 6.05. The minimum atomic E-state index is -0.900. The largest absolute Gasteiger partial charge is 0.481 e. The molecule has 0 bridgehead atoms. The molecular formula is C20H19N3O3. The Balaban J connectivity index is 1.84. The summed E-state index contributed by atoms with van der Waals surface area (Å²) in [6.07, 6.45) is 3.03. The van der Waals surface area contributed by atoms with Gasteiger partial charge in [-0.3, -0.25) is 14.3 Å². The van der Waals surface area contributed by atoms with Crippen LogP contribution in [0.5, 0.6) is 0 Å². The number of hydrogen-bond donors (Lipinski definition) is 1. The maximum atomic E-state index is 13.1. The highest BCUT2D eigenvalue weighted by Gasteiger charge is 2.19. The third-order valence-corrected chi connectivity index (χ3v) is 3.93. The van der Waals surface area contributed by atoms with Crippen molar-refractivity contribution < 1.29 is 14.7 Å². The van der Waals surface area contributed by atoms with Crippen LogP contribution >= 0.6 is 0 Å². The number of rotatable bonds is 7. The van der Waals surface area contributed by atoms with Gasteiger partial charge >= 0.3 is 5.97 Å². The number of nitrogens with zero attached hydrogens (tertiary/aromatic N) is 3. The average Bonchev–Trinajstić information content (AvgIpc) is 3.14. The number of carboxylic acids is 1. The Hall–Kier alpha value is -3.41. The summed E-state index contributed by atoms with van der Waals surface area (Å²) in [4.78, 5) is 25.4. The topological polar surface area (TPSA) is 75.4 Å². The van der Waals surface area contributed by atoms with Crippen molar-refractivity contribution in [1.29, 1.82) is 0 Å². The van der Waals surface area contributed by atoms with E-state index in [1.54, 1.807) is 11.1 Å². The maximum Gasteiger partial charge on any atom is 0.305 e. The number of anilines is 1. The Bertz CT molecular complexity index is 876. The van der Waals surface area contributed by atoms with Gasteiger partial charge in [0.2, 0.25) is 0 Å². The van der Waals surface area contributed by atoms with Crippen LogP contribution in [0.25, 0.3) is 0 Å². The van der Waals surface area contributed by atoms with Crippen LogP contribution in [-0.4, -0.2) is 26.8 Å². The molecule has 0 aliphatic heterocycles. The van der Waals surface area contributed by atoms with Crippen LogP contribution in [0.15, 0.2) is 73.1 Å². The first-order chi connectivity index (χ1) is 12.6. The summed E-state index contributed by atoms with van der Waals surface area (Å²) in [6, 6.07) is 19.2. The van der Waals surface area contributed by atoms with Crippen molar-refractivity contribution in [3.8, 4) is 0 Å². The van der Waals surface area contributed by atoms with E-state index in [-0.39, 0.29) is 18.9 Å². The Morgan fingerprint density at radius 2 is 1.65 bits per heavy atom. The molecule has 0 radical (unpaired) electrons. The second-order valence-corrected chi connectivity index (χ2v) is 5.85. The number of benzene rings is 2. The summed E-state index contributed by atoms with van der Waals surface area (Å²) in [6.45, 7) is 0.663. The van der Waals surface area contributed by atoms with Crippen LogP contribution in [0, 0.1) is 0 Å². The van der Waals surface area contributed by atoms with Crippen molar-refractivity contribution in [1.82, 2.24) is 9.78 Å². The zero-order valence-electron chi connectivity index (χ0n) is 14.2. The number of para-hydroxylation sites is 1. The van der Waals surface area contributed by atoms with Gasteiger partial charge in [-0.2, -0.15) is 5.10 Å². The second-order valence-electron chi connectivity index (χ2n) is 5.85. The first-order valence-corrected chi connectivity index (χ1v) is 8.28. The van der Waals surface area contributed by atoms with Crippen LogP contribution in [0.1, 0.15) is 22.3 Å². The molecule has 0 atom stereocenters. The molecule has 1 amide bonds. The molecule has 26 heavy (non-hydrogen) atoms. The first kappa shape index (κ1) is 17.4. The molecule has 0 unspecified atom stereocenters. The standard InChI is InChI=1S/C20H19N3O3/c24-19(25)11-12-22-15-17(13-21-22)20(26)23(18-9-5-2-6-10-18)14-16-7-3-1-4-8-16/h1-10,13,15H,11-12,14H2,(H,24,25). The van der Waals surface area contributed by atoms with Gasteiger partial charge in [0.1, 0.15) is 0 Å². The van der Waals surface area contributed by atoms with E-state index < -0.39 is 5.97 Å². The van der Waals surface area contributed by atoms with E-state index in [0.717, 1.165) is 11.3 Å². The SMILES string of the molecule is O=C(O)CCn1cc(C(=O)N(Cc2ccccc2)c2ccccc2)cn1. The predicted molar refractivity (Wildman–Crippen MR) is 97.9 cm³/mol. The van der Waals surface area contributed by atoms with E-state index in [1.807, 2.05) is 60.7 Å². The van der Waals surface area contributed by atoms with Crippen molar-refractivity contribution in [2.75, 3.05) is 4.90 Å². The highest BCUT2D eigenvalue weighted by atomic mass is 16.4. The molecule has 1 aromatic heterocycles. The molecule has 3 aromatic rings. The number of aliphatic carboxylic acids is 1. The third kappa shape index (κ3) is 4.36. The van der Waals surface area contributed by atoms with E-state index in [2.05, 4.69) is 5.10 Å². The fraction of sp³-hybridized carbons (Fsp3) is 0.150. The van der Waals surface area contributed by atoms with Gasteiger partial charge < -0.3 is 10.0 Å². The number of amides is 1. The molecule has 6 heteroatoms. The van der Waals surface area contributed by atoms with Gasteiger partial charge in [0.25, 0.3) is 5.91 Å². The molecule has 6 nitrogen and oxygen atoms in total. The Morgan fingerprint density at radius 1 is 1.00 bits per heavy atom. The number of aryl methyl sites for hydroxylation is 1. The minimum Gasteiger partial charge on any atom is -0.481 e. The Kier molecular flexibility index (Phi) is 5.43. The lowest BCUT2D eigenvalue weighted by atomic mass is 10.1. The Labute approximate surface area is 151 Å². The van der Waals surface area contributed by atoms with Crippen LogP contribution in [0.2, 0.25) is 0 Å². The minimum absolute atomic E-state index is 0.0400. The van der Waals surface area contributed by atoms with Gasteiger partial charge in [0.15, 0.2) is 0 Å². The molecule has 0 spiro atoms. The van der Waals surface area contributed by atoms with Crippen LogP contribution in [0.3, 0.4) is 0 Å². The third-order valence-electron chi connectivity index (χ3n) is 3.93. The zero-order chi connectivity index (χ0) is 18.4. The van der Waals surface area contributed by atoms with Gasteiger partial charge in [-0.15, -0.1) is 0 Å². The molecule has 0 aliphatic carbocycles. The maximum absolute atomic E-state index is 13.1. The van der Waals surface area contributed by atoms with Gasteiger partial charge in [0, 0.05) is 11.9 Å². The molecule has 1 N–H and O–H groups in total. The molecule has 0 aliphatic rings. The number of carboxylic acid groups (broad SMARTS) is 1. The average molecular weight is 349 g/mol. The summed E-state index contributed by atoms with van der Waals surface area (Å²) in [7, 11) is 0. The molecule has 0 saturated heterocycles. The number of aromatic nitrogens is 2. The lowest BCUT2D eigenvalue weighted by molar-refractivity contribution is -0.137. The normalized spacial score (nSPS) is 10.5. The van der Waals surface area contributed by atoms with Crippen molar-refractivity contribution in [3.05, 3.63) is 84.2 Å².